The quantitative estimate of drug-likeness (QED) is 0.716. The number of benzene rings is 2. The molecule has 0 aliphatic carbocycles. The molecule has 1 atom stereocenters. The summed E-state index contributed by atoms with van der Waals surface area (Å²) in [6.07, 6.45) is 1.89. The number of carbonyl (C=O) groups is 2. The van der Waals surface area contributed by atoms with Crippen molar-refractivity contribution < 1.29 is 14.3 Å². The highest BCUT2D eigenvalue weighted by Crippen LogP contribution is 2.28. The molecule has 2 heterocycles. The summed E-state index contributed by atoms with van der Waals surface area (Å²) >= 11 is 0. The van der Waals surface area contributed by atoms with Crippen LogP contribution in [-0.2, 0) is 9.59 Å². The van der Waals surface area contributed by atoms with E-state index in [0.717, 1.165) is 22.7 Å². The number of ether oxygens (including phenoxy) is 1. The van der Waals surface area contributed by atoms with E-state index in [2.05, 4.69) is 15.5 Å². The number of aromatic amines is 1. The van der Waals surface area contributed by atoms with Crippen molar-refractivity contribution in [3.63, 3.8) is 0 Å². The molecule has 1 saturated heterocycles. The molecule has 0 spiro atoms. The van der Waals surface area contributed by atoms with Crippen LogP contribution in [0.5, 0.6) is 5.75 Å². The number of nitrogens with zero attached hydrogens (tertiary/aromatic N) is 2. The SMILES string of the molecule is COc1ccc(N2CC(C(=O)Nc3ccc(-c4ccn[nH]4)cc3)CC2=O)cc1. The van der Waals surface area contributed by atoms with Crippen molar-refractivity contribution in [2.24, 2.45) is 5.92 Å². The molecule has 0 saturated carbocycles. The number of amides is 2. The fraction of sp³-hybridized carbons (Fsp3) is 0.190. The minimum atomic E-state index is -0.387. The van der Waals surface area contributed by atoms with E-state index >= 15 is 0 Å². The predicted octanol–water partition coefficient (Wildman–Crippen LogP) is 3.08. The third-order valence-electron chi connectivity index (χ3n) is 4.84. The van der Waals surface area contributed by atoms with Gasteiger partial charge in [0.25, 0.3) is 0 Å². The van der Waals surface area contributed by atoms with Gasteiger partial charge in [0, 0.05) is 30.5 Å². The Kier molecular flexibility index (Phi) is 4.80. The maximum atomic E-state index is 12.6. The number of H-pyrrole nitrogens is 1. The highest BCUT2D eigenvalue weighted by atomic mass is 16.5. The normalized spacial score (nSPS) is 16.2. The maximum Gasteiger partial charge on any atom is 0.229 e. The lowest BCUT2D eigenvalue weighted by Crippen LogP contribution is -2.28. The van der Waals surface area contributed by atoms with Gasteiger partial charge < -0.3 is 15.0 Å². The highest BCUT2D eigenvalue weighted by Gasteiger charge is 2.35. The Morgan fingerprint density at radius 2 is 1.89 bits per heavy atom. The Morgan fingerprint density at radius 1 is 1.14 bits per heavy atom. The first-order valence-electron chi connectivity index (χ1n) is 8.99. The van der Waals surface area contributed by atoms with Crippen molar-refractivity contribution in [2.45, 2.75) is 6.42 Å². The number of carbonyl (C=O) groups excluding carboxylic acids is 2. The zero-order chi connectivity index (χ0) is 19.5. The lowest BCUT2D eigenvalue weighted by molar-refractivity contribution is -0.122. The average molecular weight is 376 g/mol. The fourth-order valence-corrected chi connectivity index (χ4v) is 3.29. The minimum absolute atomic E-state index is 0.0556. The van der Waals surface area contributed by atoms with Crippen molar-refractivity contribution in [2.75, 3.05) is 23.9 Å². The van der Waals surface area contributed by atoms with Crippen LogP contribution in [0.1, 0.15) is 6.42 Å². The number of nitrogens with one attached hydrogen (secondary N) is 2. The van der Waals surface area contributed by atoms with E-state index in [0.29, 0.717) is 12.2 Å². The average Bonchev–Trinajstić information content (AvgIpc) is 3.39. The van der Waals surface area contributed by atoms with Gasteiger partial charge in [0.05, 0.1) is 18.7 Å². The standard InChI is InChI=1S/C21H20N4O3/c1-28-18-8-6-17(7-9-18)25-13-15(12-20(25)26)21(27)23-16-4-2-14(3-5-16)19-10-11-22-24-19/h2-11,15H,12-13H2,1H3,(H,22,24)(H,23,27). The van der Waals surface area contributed by atoms with Gasteiger partial charge in [-0.2, -0.15) is 5.10 Å². The zero-order valence-electron chi connectivity index (χ0n) is 15.4. The van der Waals surface area contributed by atoms with Gasteiger partial charge in [0.2, 0.25) is 11.8 Å². The van der Waals surface area contributed by atoms with Gasteiger partial charge >= 0.3 is 0 Å². The summed E-state index contributed by atoms with van der Waals surface area (Å²) in [4.78, 5) is 26.6. The summed E-state index contributed by atoms with van der Waals surface area (Å²) in [5, 5.41) is 9.74. The Labute approximate surface area is 162 Å². The Hall–Kier alpha value is -3.61. The van der Waals surface area contributed by atoms with Gasteiger partial charge in [0.15, 0.2) is 0 Å². The van der Waals surface area contributed by atoms with E-state index in [-0.39, 0.29) is 24.2 Å². The van der Waals surface area contributed by atoms with Gasteiger partial charge in [0.1, 0.15) is 5.75 Å². The van der Waals surface area contributed by atoms with Crippen LogP contribution in [0.2, 0.25) is 0 Å². The van der Waals surface area contributed by atoms with Crippen molar-refractivity contribution >= 4 is 23.2 Å². The molecule has 7 nitrogen and oxygen atoms in total. The highest BCUT2D eigenvalue weighted by molar-refractivity contribution is 6.03. The summed E-state index contributed by atoms with van der Waals surface area (Å²) in [7, 11) is 1.60. The van der Waals surface area contributed by atoms with E-state index in [1.54, 1.807) is 30.3 Å². The summed E-state index contributed by atoms with van der Waals surface area (Å²) in [5.41, 5.74) is 3.36. The van der Waals surface area contributed by atoms with Gasteiger partial charge in [-0.25, -0.2) is 0 Å². The molecule has 1 aliphatic rings. The van der Waals surface area contributed by atoms with Crippen molar-refractivity contribution in [3.8, 4) is 17.0 Å². The first-order valence-corrected chi connectivity index (χ1v) is 8.99. The Morgan fingerprint density at radius 3 is 2.54 bits per heavy atom. The second-order valence-corrected chi connectivity index (χ2v) is 6.64. The number of anilines is 2. The van der Waals surface area contributed by atoms with Crippen LogP contribution in [-0.4, -0.2) is 35.7 Å². The van der Waals surface area contributed by atoms with Crippen molar-refractivity contribution in [3.05, 3.63) is 60.8 Å². The molecular weight excluding hydrogens is 356 g/mol. The lowest BCUT2D eigenvalue weighted by Gasteiger charge is -2.17. The second-order valence-electron chi connectivity index (χ2n) is 6.64. The second kappa shape index (κ2) is 7.56. The topological polar surface area (TPSA) is 87.3 Å². The molecule has 3 aromatic rings. The molecule has 1 unspecified atom stereocenters. The molecule has 0 bridgehead atoms. The van der Waals surface area contributed by atoms with Crippen molar-refractivity contribution in [1.82, 2.24) is 10.2 Å². The summed E-state index contributed by atoms with van der Waals surface area (Å²) in [6, 6.07) is 16.6. The molecule has 2 aromatic carbocycles. The molecule has 1 aliphatic heterocycles. The summed E-state index contributed by atoms with van der Waals surface area (Å²) < 4.78 is 5.14. The van der Waals surface area contributed by atoms with Crippen LogP contribution in [0.3, 0.4) is 0 Å². The third-order valence-corrected chi connectivity index (χ3v) is 4.84. The molecule has 2 N–H and O–H groups in total. The molecular formula is C21H20N4O3. The largest absolute Gasteiger partial charge is 0.497 e. The van der Waals surface area contributed by atoms with Crippen LogP contribution in [0, 0.1) is 5.92 Å². The van der Waals surface area contributed by atoms with E-state index in [1.807, 2.05) is 42.5 Å². The number of methoxy groups -OCH3 is 1. The zero-order valence-corrected chi connectivity index (χ0v) is 15.4. The van der Waals surface area contributed by atoms with E-state index in [9.17, 15) is 9.59 Å². The van der Waals surface area contributed by atoms with Crippen LogP contribution in [0.15, 0.2) is 60.8 Å². The Balaban J connectivity index is 1.40. The van der Waals surface area contributed by atoms with Crippen LogP contribution in [0.4, 0.5) is 11.4 Å². The monoisotopic (exact) mass is 376 g/mol. The van der Waals surface area contributed by atoms with E-state index in [1.165, 1.54) is 0 Å². The van der Waals surface area contributed by atoms with Crippen LogP contribution < -0.4 is 15.0 Å². The van der Waals surface area contributed by atoms with Crippen LogP contribution >= 0.6 is 0 Å². The first kappa shape index (κ1) is 17.8. The van der Waals surface area contributed by atoms with Gasteiger partial charge in [-0.15, -0.1) is 0 Å². The first-order chi connectivity index (χ1) is 13.6. The molecule has 142 valence electrons. The van der Waals surface area contributed by atoms with Crippen molar-refractivity contribution in [1.29, 1.82) is 0 Å². The molecule has 1 fully saturated rings. The number of aromatic nitrogens is 2. The third kappa shape index (κ3) is 3.59. The van der Waals surface area contributed by atoms with E-state index in [4.69, 9.17) is 4.74 Å². The molecule has 28 heavy (non-hydrogen) atoms. The number of rotatable bonds is 5. The van der Waals surface area contributed by atoms with Gasteiger partial charge in [-0.05, 0) is 48.0 Å². The van der Waals surface area contributed by atoms with Crippen LogP contribution in [0.25, 0.3) is 11.3 Å². The molecule has 1 aromatic heterocycles. The van der Waals surface area contributed by atoms with E-state index < -0.39 is 0 Å². The van der Waals surface area contributed by atoms with Gasteiger partial charge in [-0.3, -0.25) is 14.7 Å². The lowest BCUT2D eigenvalue weighted by atomic mass is 10.1. The molecule has 0 radical (unpaired) electrons. The number of hydrogen-bond donors (Lipinski definition) is 2. The predicted molar refractivity (Wildman–Crippen MR) is 106 cm³/mol. The summed E-state index contributed by atoms with van der Waals surface area (Å²) in [5.74, 6) is 0.128. The smallest absolute Gasteiger partial charge is 0.229 e. The molecule has 4 rings (SSSR count). The molecule has 2 amide bonds. The molecule has 7 heteroatoms. The van der Waals surface area contributed by atoms with Gasteiger partial charge in [-0.1, -0.05) is 12.1 Å². The minimum Gasteiger partial charge on any atom is -0.497 e. The Bertz CT molecular complexity index is 966. The summed E-state index contributed by atoms with van der Waals surface area (Å²) in [6.45, 7) is 0.364. The fourth-order valence-electron chi connectivity index (χ4n) is 3.29. The number of hydrogen-bond acceptors (Lipinski definition) is 4. The maximum absolute atomic E-state index is 12.6.